The number of anilines is 3. The Hall–Kier alpha value is -7.42. The van der Waals surface area contributed by atoms with Gasteiger partial charge >= 0.3 is 0 Å². The monoisotopic (exact) mass is 728 g/mol. The Bertz CT molecular complexity index is 4080. The van der Waals surface area contributed by atoms with E-state index in [1.807, 2.05) is 84.9 Å². The lowest BCUT2D eigenvalue weighted by molar-refractivity contribution is 0.672. The molecule has 1 heterocycles. The molecule has 2 nitrogen and oxygen atoms in total. The summed E-state index contributed by atoms with van der Waals surface area (Å²) in [7, 11) is 0. The molecule has 0 saturated heterocycles. The van der Waals surface area contributed by atoms with Crippen LogP contribution in [0.4, 0.5) is 17.1 Å². The predicted molar refractivity (Wildman–Crippen MR) is 237 cm³/mol. The molecule has 0 bridgehead atoms. The SMILES string of the molecule is [2H]c1c([2H])c(N(c2c([2H])c([2H])c(-c3c([2H])c([2H])c([2H])c4c([2H])c([2H])c([2H])c([2H])c34)c([2H])c2[2H])c2cccc3oc4c5ccccc5ccc4c23)c([2H])c([2H])c1-c1cccc(-c2ccc3ccccc3c2)c1. The first-order valence-corrected chi connectivity index (χ1v) is 17.9. The van der Waals surface area contributed by atoms with Crippen LogP contribution in [0.25, 0.3) is 87.6 Å². The molecular weight excluding hydrogens is 679 g/mol. The third kappa shape index (κ3) is 5.42. The summed E-state index contributed by atoms with van der Waals surface area (Å²) in [5.41, 5.74) is 0.868. The van der Waals surface area contributed by atoms with Crippen LogP contribution in [0, 0.1) is 0 Å². The molecule has 0 aliphatic heterocycles. The summed E-state index contributed by atoms with van der Waals surface area (Å²) in [6, 6.07) is 26.9. The second-order valence-corrected chi connectivity index (χ2v) is 13.3. The lowest BCUT2D eigenvalue weighted by Crippen LogP contribution is -2.10. The van der Waals surface area contributed by atoms with Crippen molar-refractivity contribution >= 4 is 71.3 Å². The van der Waals surface area contributed by atoms with Crippen LogP contribution in [0.3, 0.4) is 0 Å². The summed E-state index contributed by atoms with van der Waals surface area (Å²) in [5.74, 6) is 0. The molecule has 2 heteroatoms. The minimum Gasteiger partial charge on any atom is -0.455 e. The van der Waals surface area contributed by atoms with Crippen LogP contribution in [0.2, 0.25) is 0 Å². The van der Waals surface area contributed by atoms with Crippen molar-refractivity contribution in [3.8, 4) is 33.4 Å². The first-order valence-electron chi connectivity index (χ1n) is 25.4. The average molecular weight is 729 g/mol. The summed E-state index contributed by atoms with van der Waals surface area (Å²) in [6.07, 6.45) is 0. The maximum Gasteiger partial charge on any atom is 0.143 e. The van der Waals surface area contributed by atoms with Crippen LogP contribution in [0.1, 0.15) is 20.6 Å². The maximum absolute atomic E-state index is 9.76. The fourth-order valence-electron chi connectivity index (χ4n) is 7.40. The third-order valence-electron chi connectivity index (χ3n) is 10.1. The Labute approximate surface area is 346 Å². The lowest BCUT2D eigenvalue weighted by Gasteiger charge is -2.27. The van der Waals surface area contributed by atoms with Crippen molar-refractivity contribution in [2.75, 3.05) is 4.90 Å². The Balaban J connectivity index is 1.21. The van der Waals surface area contributed by atoms with E-state index in [-0.39, 0.29) is 11.3 Å². The quantitative estimate of drug-likeness (QED) is 0.169. The number of fused-ring (bicyclic) bond motifs is 7. The van der Waals surface area contributed by atoms with E-state index in [2.05, 4.69) is 0 Å². The van der Waals surface area contributed by atoms with Gasteiger partial charge in [-0.15, -0.1) is 0 Å². The Morgan fingerprint density at radius 2 is 1.05 bits per heavy atom. The number of hydrogen-bond acceptors (Lipinski definition) is 2. The second kappa shape index (κ2) is 13.2. The van der Waals surface area contributed by atoms with Crippen molar-refractivity contribution in [1.29, 1.82) is 0 Å². The second-order valence-electron chi connectivity index (χ2n) is 13.3. The van der Waals surface area contributed by atoms with Gasteiger partial charge in [-0.1, -0.05) is 157 Å². The van der Waals surface area contributed by atoms with Gasteiger partial charge in [0.1, 0.15) is 11.2 Å². The molecule has 0 saturated carbocycles. The molecule has 0 amide bonds. The standard InChI is InChI=1S/C54H35NO/c1-2-13-41-35-44(23-22-36(41)10-1)43-16-7-15-42(34-43)37-24-29-45(30-25-37)55(46-31-26-40(27-32-46)48-19-8-14-38-11-3-5-17-47(38)48)51-20-9-21-52-53(51)50-33-28-39-12-4-6-18-49(39)54(50)56-52/h1-35H/i3D,5D,8D,11D,14D,17D,19D,24D,25D,26D,27D,29D,30D,31D,32D. The minimum absolute atomic E-state index is 0.0249. The van der Waals surface area contributed by atoms with E-state index in [0.29, 0.717) is 27.5 Å². The van der Waals surface area contributed by atoms with Crippen LogP contribution < -0.4 is 4.90 Å². The van der Waals surface area contributed by atoms with Gasteiger partial charge in [0.2, 0.25) is 0 Å². The van der Waals surface area contributed by atoms with Crippen molar-refractivity contribution in [2.45, 2.75) is 0 Å². The normalized spacial score (nSPS) is 15.3. The van der Waals surface area contributed by atoms with E-state index in [4.69, 9.17) is 14.0 Å². The molecule has 1 aromatic heterocycles. The highest BCUT2D eigenvalue weighted by atomic mass is 16.3. The van der Waals surface area contributed by atoms with E-state index >= 15 is 0 Å². The zero-order chi connectivity index (χ0) is 50.1. The van der Waals surface area contributed by atoms with Gasteiger partial charge in [0.25, 0.3) is 0 Å². The molecule has 56 heavy (non-hydrogen) atoms. The van der Waals surface area contributed by atoms with Crippen LogP contribution in [0.5, 0.6) is 0 Å². The first kappa shape index (κ1) is 20.3. The topological polar surface area (TPSA) is 16.4 Å². The maximum atomic E-state index is 9.76. The highest BCUT2D eigenvalue weighted by Crippen LogP contribution is 2.45. The van der Waals surface area contributed by atoms with Gasteiger partial charge in [-0.25, -0.2) is 0 Å². The van der Waals surface area contributed by atoms with Gasteiger partial charge in [-0.05, 0) is 115 Å². The summed E-state index contributed by atoms with van der Waals surface area (Å²) in [6.45, 7) is 0. The van der Waals surface area contributed by atoms with Gasteiger partial charge in [0.05, 0.1) is 31.6 Å². The highest BCUT2D eigenvalue weighted by molar-refractivity contribution is 6.19. The molecule has 0 radical (unpaired) electrons. The molecule has 0 unspecified atom stereocenters. The number of nitrogens with zero attached hydrogens (tertiary/aromatic N) is 1. The number of benzene rings is 10. The average Bonchev–Trinajstić information content (AvgIpc) is 3.78. The predicted octanol–water partition coefficient (Wildman–Crippen LogP) is 15.5. The van der Waals surface area contributed by atoms with Crippen molar-refractivity contribution in [3.05, 3.63) is 212 Å². The first-order chi connectivity index (χ1) is 34.0. The molecule has 0 aliphatic carbocycles. The number of rotatable bonds is 6. The Morgan fingerprint density at radius 1 is 0.393 bits per heavy atom. The zero-order valence-corrected chi connectivity index (χ0v) is 29.4. The molecule has 0 atom stereocenters. The van der Waals surface area contributed by atoms with E-state index in [1.54, 1.807) is 36.4 Å². The van der Waals surface area contributed by atoms with Gasteiger partial charge in [-0.2, -0.15) is 0 Å². The minimum atomic E-state index is -0.807. The van der Waals surface area contributed by atoms with Gasteiger partial charge < -0.3 is 9.32 Å². The van der Waals surface area contributed by atoms with Gasteiger partial charge in [-0.3, -0.25) is 0 Å². The van der Waals surface area contributed by atoms with Crippen molar-refractivity contribution in [2.24, 2.45) is 0 Å². The van der Waals surface area contributed by atoms with Gasteiger partial charge in [0, 0.05) is 22.1 Å². The fourth-order valence-corrected chi connectivity index (χ4v) is 7.40. The molecule has 11 rings (SSSR count). The summed E-state index contributed by atoms with van der Waals surface area (Å²) in [4.78, 5) is 1.17. The van der Waals surface area contributed by atoms with Crippen molar-refractivity contribution in [3.63, 3.8) is 0 Å². The molecular formula is C54H35NO. The van der Waals surface area contributed by atoms with E-state index in [9.17, 15) is 11.0 Å². The summed E-state index contributed by atoms with van der Waals surface area (Å²) in [5, 5.41) is 3.75. The van der Waals surface area contributed by atoms with Crippen molar-refractivity contribution < 1.29 is 25.0 Å². The number of hydrogen-bond donors (Lipinski definition) is 0. The van der Waals surface area contributed by atoms with Crippen LogP contribution in [0.15, 0.2) is 216 Å². The molecule has 0 spiro atoms. The molecule has 0 fully saturated rings. The number of furan rings is 1. The summed E-state index contributed by atoms with van der Waals surface area (Å²) >= 11 is 0. The van der Waals surface area contributed by atoms with Gasteiger partial charge in [0.15, 0.2) is 0 Å². The third-order valence-corrected chi connectivity index (χ3v) is 10.1. The Morgan fingerprint density at radius 3 is 1.89 bits per heavy atom. The van der Waals surface area contributed by atoms with E-state index in [0.717, 1.165) is 32.7 Å². The summed E-state index contributed by atoms with van der Waals surface area (Å²) < 4.78 is 144. The molecule has 262 valence electrons. The lowest BCUT2D eigenvalue weighted by atomic mass is 9.97. The van der Waals surface area contributed by atoms with Crippen LogP contribution in [-0.4, -0.2) is 0 Å². The molecule has 0 N–H and O–H groups in total. The largest absolute Gasteiger partial charge is 0.455 e. The van der Waals surface area contributed by atoms with Crippen molar-refractivity contribution in [1.82, 2.24) is 0 Å². The molecule has 11 aromatic rings. The molecule has 0 aliphatic rings. The molecule has 10 aromatic carbocycles. The zero-order valence-electron chi connectivity index (χ0n) is 44.4. The fraction of sp³-hybridized carbons (Fsp3) is 0. The highest BCUT2D eigenvalue weighted by Gasteiger charge is 2.21. The Kier molecular flexibility index (Phi) is 4.77. The van der Waals surface area contributed by atoms with Crippen LogP contribution in [-0.2, 0) is 0 Å². The van der Waals surface area contributed by atoms with Crippen LogP contribution >= 0.6 is 0 Å². The van der Waals surface area contributed by atoms with E-state index < -0.39 is 124 Å². The smallest absolute Gasteiger partial charge is 0.143 e. The van der Waals surface area contributed by atoms with E-state index in [1.165, 1.54) is 4.90 Å².